The third-order valence-electron chi connectivity index (χ3n) is 5.01. The average Bonchev–Trinajstić information content (AvgIpc) is 2.67. The maximum Gasteiger partial charge on any atom is 0.266 e. The highest BCUT2D eigenvalue weighted by Gasteiger charge is 2.19. The van der Waals surface area contributed by atoms with Gasteiger partial charge in [0.25, 0.3) is 6.43 Å². The van der Waals surface area contributed by atoms with E-state index in [2.05, 4.69) is 31.2 Å². The topological polar surface area (TPSA) is 0 Å². The van der Waals surface area contributed by atoms with E-state index in [1.54, 1.807) is 24.3 Å². The molecular weight excluding hydrogens is 345 g/mol. The second-order valence-electron chi connectivity index (χ2n) is 6.83. The van der Waals surface area contributed by atoms with Crippen molar-refractivity contribution in [2.45, 2.75) is 39.5 Å². The summed E-state index contributed by atoms with van der Waals surface area (Å²) in [5.41, 5.74) is 4.35. The van der Waals surface area contributed by atoms with E-state index in [4.69, 9.17) is 0 Å². The lowest BCUT2D eigenvalue weighted by atomic mass is 9.96. The molecule has 0 nitrogen and oxygen atoms in total. The fourth-order valence-corrected chi connectivity index (χ4v) is 3.26. The predicted molar refractivity (Wildman–Crippen MR) is 105 cm³/mol. The quantitative estimate of drug-likeness (QED) is 0.436. The molecule has 0 radical (unpaired) electrons. The monoisotopic (exact) mass is 368 g/mol. The average molecular weight is 368 g/mol. The Kier molecular flexibility index (Phi) is 6.00. The molecule has 3 aromatic carbocycles. The lowest BCUT2D eigenvalue weighted by Gasteiger charge is -2.12. The van der Waals surface area contributed by atoms with Crippen molar-refractivity contribution in [2.24, 2.45) is 0 Å². The molecule has 0 unspecified atom stereocenters. The number of hydrogen-bond donors (Lipinski definition) is 0. The highest BCUT2D eigenvalue weighted by molar-refractivity contribution is 5.66. The van der Waals surface area contributed by atoms with E-state index >= 15 is 0 Å². The molecule has 0 aliphatic rings. The molecule has 0 fully saturated rings. The number of alkyl halides is 2. The molecule has 27 heavy (non-hydrogen) atoms. The lowest BCUT2D eigenvalue weighted by Crippen LogP contribution is -1.98. The van der Waals surface area contributed by atoms with Crippen molar-refractivity contribution in [2.75, 3.05) is 0 Å². The maximum absolute atomic E-state index is 14.5. The van der Waals surface area contributed by atoms with Gasteiger partial charge in [0, 0.05) is 5.56 Å². The van der Waals surface area contributed by atoms with Crippen LogP contribution in [-0.4, -0.2) is 0 Å². The van der Waals surface area contributed by atoms with Crippen LogP contribution < -0.4 is 0 Å². The Balaban J connectivity index is 1.74. The Morgan fingerprint density at radius 2 is 1.26 bits per heavy atom. The second-order valence-corrected chi connectivity index (χ2v) is 6.83. The van der Waals surface area contributed by atoms with Crippen LogP contribution in [0.15, 0.2) is 60.7 Å². The molecule has 0 spiro atoms. The summed E-state index contributed by atoms with van der Waals surface area (Å²) in [5.74, 6) is -0.825. The summed E-state index contributed by atoms with van der Waals surface area (Å²) in [6.45, 7) is 3.64. The standard InChI is InChI=1S/C24H23F3/c1-3-17-5-7-18(8-6-17)9-10-19-11-13-20(14-12-19)21-15-4-16(2)22(23(21)25)24(26)27/h4-8,11-15,24H,3,9-10H2,1-2H3. The van der Waals surface area contributed by atoms with Gasteiger partial charge in [-0.2, -0.15) is 0 Å². The molecule has 3 aromatic rings. The minimum Gasteiger partial charge on any atom is -0.206 e. The van der Waals surface area contributed by atoms with Crippen molar-refractivity contribution >= 4 is 0 Å². The van der Waals surface area contributed by atoms with E-state index in [0.717, 1.165) is 24.8 Å². The van der Waals surface area contributed by atoms with Crippen LogP contribution in [-0.2, 0) is 19.3 Å². The smallest absolute Gasteiger partial charge is 0.206 e. The van der Waals surface area contributed by atoms with E-state index in [1.807, 2.05) is 12.1 Å². The van der Waals surface area contributed by atoms with Crippen molar-refractivity contribution in [3.05, 3.63) is 94.3 Å². The van der Waals surface area contributed by atoms with E-state index < -0.39 is 17.8 Å². The van der Waals surface area contributed by atoms with Gasteiger partial charge in [0.2, 0.25) is 0 Å². The summed E-state index contributed by atoms with van der Waals surface area (Å²) in [7, 11) is 0. The Morgan fingerprint density at radius 3 is 1.78 bits per heavy atom. The van der Waals surface area contributed by atoms with Gasteiger partial charge in [-0.25, -0.2) is 13.2 Å². The Labute approximate surface area is 158 Å². The number of benzene rings is 3. The second kappa shape index (κ2) is 8.43. The first-order valence-electron chi connectivity index (χ1n) is 9.24. The Hall–Kier alpha value is -2.55. The van der Waals surface area contributed by atoms with Gasteiger partial charge in [-0.05, 0) is 54.0 Å². The zero-order chi connectivity index (χ0) is 19.4. The molecule has 0 aliphatic heterocycles. The zero-order valence-electron chi connectivity index (χ0n) is 15.6. The predicted octanol–water partition coefficient (Wildman–Crippen LogP) is 7.09. The normalized spacial score (nSPS) is 11.2. The van der Waals surface area contributed by atoms with Gasteiger partial charge in [-0.3, -0.25) is 0 Å². The summed E-state index contributed by atoms with van der Waals surface area (Å²) in [5, 5.41) is 0. The molecule has 0 aromatic heterocycles. The largest absolute Gasteiger partial charge is 0.266 e. The van der Waals surface area contributed by atoms with Crippen molar-refractivity contribution in [1.82, 2.24) is 0 Å². The first-order chi connectivity index (χ1) is 13.0. The van der Waals surface area contributed by atoms with Crippen LogP contribution >= 0.6 is 0 Å². The molecule has 3 rings (SSSR count). The number of halogens is 3. The highest BCUT2D eigenvalue weighted by Crippen LogP contribution is 2.32. The maximum atomic E-state index is 14.5. The van der Waals surface area contributed by atoms with Gasteiger partial charge < -0.3 is 0 Å². The lowest BCUT2D eigenvalue weighted by molar-refractivity contribution is 0.145. The highest BCUT2D eigenvalue weighted by atomic mass is 19.3. The number of rotatable bonds is 6. The molecule has 0 N–H and O–H groups in total. The van der Waals surface area contributed by atoms with Crippen molar-refractivity contribution in [3.8, 4) is 11.1 Å². The van der Waals surface area contributed by atoms with Crippen molar-refractivity contribution in [1.29, 1.82) is 0 Å². The van der Waals surface area contributed by atoms with Crippen LogP contribution in [0.4, 0.5) is 13.2 Å². The van der Waals surface area contributed by atoms with E-state index in [1.165, 1.54) is 18.1 Å². The minimum atomic E-state index is -2.82. The third kappa shape index (κ3) is 4.41. The fourth-order valence-electron chi connectivity index (χ4n) is 3.26. The van der Waals surface area contributed by atoms with Crippen molar-refractivity contribution < 1.29 is 13.2 Å². The van der Waals surface area contributed by atoms with Crippen LogP contribution in [0.1, 0.15) is 41.2 Å². The minimum absolute atomic E-state index is 0.220. The molecule has 3 heteroatoms. The number of hydrogen-bond acceptors (Lipinski definition) is 0. The molecule has 0 atom stereocenters. The molecule has 0 bridgehead atoms. The summed E-state index contributed by atoms with van der Waals surface area (Å²) in [4.78, 5) is 0. The van der Waals surface area contributed by atoms with Crippen LogP contribution in [0.5, 0.6) is 0 Å². The summed E-state index contributed by atoms with van der Waals surface area (Å²) >= 11 is 0. The van der Waals surface area contributed by atoms with Crippen LogP contribution in [0.2, 0.25) is 0 Å². The van der Waals surface area contributed by atoms with Gasteiger partial charge in [-0.1, -0.05) is 67.6 Å². The summed E-state index contributed by atoms with van der Waals surface area (Å²) < 4.78 is 40.8. The fraction of sp³-hybridized carbons (Fsp3) is 0.250. The molecule has 140 valence electrons. The van der Waals surface area contributed by atoms with Crippen LogP contribution in [0.25, 0.3) is 11.1 Å². The first kappa shape index (κ1) is 19.2. The van der Waals surface area contributed by atoms with Crippen LogP contribution in [0, 0.1) is 12.7 Å². The van der Waals surface area contributed by atoms with Gasteiger partial charge in [-0.15, -0.1) is 0 Å². The first-order valence-corrected chi connectivity index (χ1v) is 9.24. The summed E-state index contributed by atoms with van der Waals surface area (Å²) in [6.07, 6.45) is 0.0237. The SMILES string of the molecule is CCc1ccc(CCc2ccc(-c3ccc(C)c(C(F)F)c3F)cc2)cc1. The van der Waals surface area contributed by atoms with E-state index in [-0.39, 0.29) is 11.1 Å². The Morgan fingerprint density at radius 1 is 0.741 bits per heavy atom. The molecular formula is C24H23F3. The van der Waals surface area contributed by atoms with Gasteiger partial charge in [0.1, 0.15) is 5.82 Å². The van der Waals surface area contributed by atoms with E-state index in [9.17, 15) is 13.2 Å². The van der Waals surface area contributed by atoms with Crippen molar-refractivity contribution in [3.63, 3.8) is 0 Å². The Bertz CT molecular complexity index is 894. The van der Waals surface area contributed by atoms with Crippen LogP contribution in [0.3, 0.4) is 0 Å². The number of aryl methyl sites for hydroxylation is 4. The van der Waals surface area contributed by atoms with E-state index in [0.29, 0.717) is 5.56 Å². The molecule has 0 heterocycles. The molecule has 0 amide bonds. The van der Waals surface area contributed by atoms with Gasteiger partial charge in [0.05, 0.1) is 5.56 Å². The van der Waals surface area contributed by atoms with Gasteiger partial charge >= 0.3 is 0 Å². The third-order valence-corrected chi connectivity index (χ3v) is 5.01. The molecule has 0 aliphatic carbocycles. The molecule has 0 saturated carbocycles. The summed E-state index contributed by atoms with van der Waals surface area (Å²) in [6, 6.07) is 19.2. The zero-order valence-corrected chi connectivity index (χ0v) is 15.6. The van der Waals surface area contributed by atoms with Gasteiger partial charge in [0.15, 0.2) is 0 Å². The molecule has 0 saturated heterocycles.